The Kier molecular flexibility index (Phi) is 2.73. The molecule has 1 aromatic carbocycles. The minimum Gasteiger partial charge on any atom is -0.491 e. The van der Waals surface area contributed by atoms with Gasteiger partial charge in [0.2, 0.25) is 5.28 Å². The summed E-state index contributed by atoms with van der Waals surface area (Å²) >= 11 is 5.69. The summed E-state index contributed by atoms with van der Waals surface area (Å²) in [5, 5.41) is 1.19. The smallest absolute Gasteiger partial charge is 0.222 e. The van der Waals surface area contributed by atoms with Gasteiger partial charge in [-0.2, -0.15) is 0 Å². The van der Waals surface area contributed by atoms with Crippen LogP contribution in [-0.4, -0.2) is 16.1 Å². The number of fused-ring (bicyclic) bond motifs is 1. The fourth-order valence-electron chi connectivity index (χ4n) is 1.33. The molecule has 3 nitrogen and oxygen atoms in total. The van der Waals surface area contributed by atoms with Gasteiger partial charge in [-0.1, -0.05) is 0 Å². The van der Waals surface area contributed by atoms with Gasteiger partial charge in [0, 0.05) is 11.6 Å². The molecule has 0 radical (unpaired) electrons. The van der Waals surface area contributed by atoms with Crippen LogP contribution >= 0.6 is 11.6 Å². The summed E-state index contributed by atoms with van der Waals surface area (Å²) < 4.78 is 5.56. The average Bonchev–Trinajstić information content (AvgIpc) is 2.17. The highest BCUT2D eigenvalue weighted by atomic mass is 35.5. The van der Waals surface area contributed by atoms with E-state index < -0.39 is 0 Å². The Hall–Kier alpha value is -1.35. The quantitative estimate of drug-likeness (QED) is 0.733. The number of halogens is 1. The molecule has 0 saturated heterocycles. The SMILES string of the molecule is CC(C)Oc1ccc2nc(Cl)ncc2c1. The van der Waals surface area contributed by atoms with Crippen molar-refractivity contribution in [2.24, 2.45) is 0 Å². The molecule has 1 aromatic heterocycles. The third kappa shape index (κ3) is 2.36. The highest BCUT2D eigenvalue weighted by molar-refractivity contribution is 6.28. The fourth-order valence-corrected chi connectivity index (χ4v) is 1.47. The van der Waals surface area contributed by atoms with Gasteiger partial charge in [-0.15, -0.1) is 0 Å². The van der Waals surface area contributed by atoms with Crippen molar-refractivity contribution in [2.75, 3.05) is 0 Å². The number of aromatic nitrogens is 2. The lowest BCUT2D eigenvalue weighted by Crippen LogP contribution is -2.05. The van der Waals surface area contributed by atoms with Gasteiger partial charge in [-0.25, -0.2) is 9.97 Å². The first kappa shape index (κ1) is 10.2. The Morgan fingerprint density at radius 1 is 1.33 bits per heavy atom. The Bertz CT molecular complexity index is 485. The van der Waals surface area contributed by atoms with Crippen LogP contribution in [0.2, 0.25) is 5.28 Å². The number of rotatable bonds is 2. The van der Waals surface area contributed by atoms with E-state index in [-0.39, 0.29) is 11.4 Å². The molecular formula is C11H11ClN2O. The normalized spacial score (nSPS) is 10.9. The highest BCUT2D eigenvalue weighted by Gasteiger charge is 2.01. The number of nitrogens with zero attached hydrogens (tertiary/aromatic N) is 2. The van der Waals surface area contributed by atoms with Gasteiger partial charge in [-0.05, 0) is 43.6 Å². The van der Waals surface area contributed by atoms with Gasteiger partial charge in [0.05, 0.1) is 11.6 Å². The topological polar surface area (TPSA) is 35.0 Å². The van der Waals surface area contributed by atoms with Crippen molar-refractivity contribution < 1.29 is 4.74 Å². The predicted octanol–water partition coefficient (Wildman–Crippen LogP) is 3.07. The summed E-state index contributed by atoms with van der Waals surface area (Å²) in [6.45, 7) is 3.98. The van der Waals surface area contributed by atoms with Crippen LogP contribution in [0.1, 0.15) is 13.8 Å². The first-order valence-corrected chi connectivity index (χ1v) is 5.12. The maximum Gasteiger partial charge on any atom is 0.222 e. The van der Waals surface area contributed by atoms with Crippen molar-refractivity contribution in [3.8, 4) is 5.75 Å². The van der Waals surface area contributed by atoms with Gasteiger partial charge in [0.25, 0.3) is 0 Å². The second kappa shape index (κ2) is 4.03. The summed E-state index contributed by atoms with van der Waals surface area (Å²) in [6.07, 6.45) is 1.85. The van der Waals surface area contributed by atoms with E-state index in [2.05, 4.69) is 9.97 Å². The molecule has 2 rings (SSSR count). The van der Waals surface area contributed by atoms with E-state index in [1.54, 1.807) is 6.20 Å². The first-order valence-electron chi connectivity index (χ1n) is 4.74. The number of hydrogen-bond acceptors (Lipinski definition) is 3. The van der Waals surface area contributed by atoms with Gasteiger partial charge < -0.3 is 4.74 Å². The molecule has 0 aliphatic rings. The third-order valence-electron chi connectivity index (χ3n) is 1.89. The minimum atomic E-state index is 0.163. The Labute approximate surface area is 93.1 Å². The van der Waals surface area contributed by atoms with E-state index in [1.165, 1.54) is 0 Å². The lowest BCUT2D eigenvalue weighted by molar-refractivity contribution is 0.243. The number of benzene rings is 1. The molecule has 0 saturated carbocycles. The maximum atomic E-state index is 5.69. The van der Waals surface area contributed by atoms with Crippen molar-refractivity contribution in [2.45, 2.75) is 20.0 Å². The van der Waals surface area contributed by atoms with Crippen molar-refractivity contribution >= 4 is 22.5 Å². The molecule has 0 atom stereocenters. The van der Waals surface area contributed by atoms with Gasteiger partial charge in [0.1, 0.15) is 5.75 Å². The van der Waals surface area contributed by atoms with Crippen molar-refractivity contribution in [1.29, 1.82) is 0 Å². The van der Waals surface area contributed by atoms with Gasteiger partial charge in [0.15, 0.2) is 0 Å². The Morgan fingerprint density at radius 2 is 2.13 bits per heavy atom. The minimum absolute atomic E-state index is 0.163. The van der Waals surface area contributed by atoms with E-state index in [0.717, 1.165) is 16.7 Å². The van der Waals surface area contributed by atoms with E-state index in [9.17, 15) is 0 Å². The van der Waals surface area contributed by atoms with Crippen LogP contribution < -0.4 is 4.74 Å². The van der Waals surface area contributed by atoms with Crippen LogP contribution in [0.3, 0.4) is 0 Å². The lowest BCUT2D eigenvalue weighted by atomic mass is 10.2. The zero-order valence-electron chi connectivity index (χ0n) is 8.57. The Balaban J connectivity index is 2.43. The second-order valence-electron chi connectivity index (χ2n) is 3.53. The summed E-state index contributed by atoms with van der Waals surface area (Å²) in [7, 11) is 0. The summed E-state index contributed by atoms with van der Waals surface area (Å²) in [4.78, 5) is 8.02. The van der Waals surface area contributed by atoms with Crippen LogP contribution in [0, 0.1) is 0 Å². The van der Waals surface area contributed by atoms with E-state index in [4.69, 9.17) is 16.3 Å². The standard InChI is InChI=1S/C11H11ClN2O/c1-7(2)15-9-3-4-10-8(5-9)6-13-11(12)14-10/h3-7H,1-2H3. The molecule has 0 N–H and O–H groups in total. The van der Waals surface area contributed by atoms with Crippen LogP contribution in [-0.2, 0) is 0 Å². The Morgan fingerprint density at radius 3 is 2.87 bits per heavy atom. The molecule has 0 fully saturated rings. The molecule has 0 bridgehead atoms. The van der Waals surface area contributed by atoms with E-state index in [0.29, 0.717) is 0 Å². The molecule has 2 aromatic rings. The predicted molar refractivity (Wildman–Crippen MR) is 60.3 cm³/mol. The number of ether oxygens (including phenoxy) is 1. The monoisotopic (exact) mass is 222 g/mol. The fraction of sp³-hybridized carbons (Fsp3) is 0.273. The first-order chi connectivity index (χ1) is 7.15. The number of hydrogen-bond donors (Lipinski definition) is 0. The molecule has 0 amide bonds. The average molecular weight is 223 g/mol. The van der Waals surface area contributed by atoms with Crippen LogP contribution in [0.25, 0.3) is 10.9 Å². The molecule has 0 spiro atoms. The molecule has 78 valence electrons. The summed E-state index contributed by atoms with van der Waals surface area (Å²) in [5.41, 5.74) is 0.825. The van der Waals surface area contributed by atoms with E-state index >= 15 is 0 Å². The third-order valence-corrected chi connectivity index (χ3v) is 2.08. The van der Waals surface area contributed by atoms with Gasteiger partial charge >= 0.3 is 0 Å². The zero-order chi connectivity index (χ0) is 10.8. The molecular weight excluding hydrogens is 212 g/mol. The zero-order valence-corrected chi connectivity index (χ0v) is 9.32. The van der Waals surface area contributed by atoms with E-state index in [1.807, 2.05) is 32.0 Å². The molecule has 4 heteroatoms. The summed E-state index contributed by atoms with van der Waals surface area (Å²) in [6, 6.07) is 5.66. The van der Waals surface area contributed by atoms with Crippen molar-refractivity contribution in [3.05, 3.63) is 29.7 Å². The van der Waals surface area contributed by atoms with Crippen LogP contribution in [0.15, 0.2) is 24.4 Å². The largest absolute Gasteiger partial charge is 0.491 e. The highest BCUT2D eigenvalue weighted by Crippen LogP contribution is 2.20. The molecule has 15 heavy (non-hydrogen) atoms. The molecule has 0 unspecified atom stereocenters. The lowest BCUT2D eigenvalue weighted by Gasteiger charge is -2.09. The summed E-state index contributed by atoms with van der Waals surface area (Å²) in [5.74, 6) is 0.823. The second-order valence-corrected chi connectivity index (χ2v) is 3.86. The molecule has 1 heterocycles. The van der Waals surface area contributed by atoms with Crippen LogP contribution in [0.5, 0.6) is 5.75 Å². The van der Waals surface area contributed by atoms with Crippen molar-refractivity contribution in [1.82, 2.24) is 9.97 Å². The molecule has 0 aliphatic carbocycles. The van der Waals surface area contributed by atoms with Crippen molar-refractivity contribution in [3.63, 3.8) is 0 Å². The van der Waals surface area contributed by atoms with Crippen LogP contribution in [0.4, 0.5) is 0 Å². The molecule has 0 aliphatic heterocycles. The van der Waals surface area contributed by atoms with Gasteiger partial charge in [-0.3, -0.25) is 0 Å². The maximum absolute atomic E-state index is 5.69.